The van der Waals surface area contributed by atoms with Gasteiger partial charge in [-0.2, -0.15) is 0 Å². The lowest BCUT2D eigenvalue weighted by molar-refractivity contribution is 0.0949. The molecule has 21 heavy (non-hydrogen) atoms. The second kappa shape index (κ2) is 6.54. The maximum atomic E-state index is 12.0. The molecule has 1 amide bonds. The van der Waals surface area contributed by atoms with E-state index in [0.29, 0.717) is 28.9 Å². The molecular formula is C15H17ClN4O. The van der Waals surface area contributed by atoms with Crippen LogP contribution in [0.15, 0.2) is 30.5 Å². The fraction of sp³-hybridized carbons (Fsp3) is 0.267. The summed E-state index contributed by atoms with van der Waals surface area (Å²) in [4.78, 5) is 20.3. The van der Waals surface area contributed by atoms with Crippen LogP contribution in [0.1, 0.15) is 24.2 Å². The fourth-order valence-electron chi connectivity index (χ4n) is 1.73. The Morgan fingerprint density at radius 2 is 2.10 bits per heavy atom. The first-order valence-corrected chi connectivity index (χ1v) is 7.02. The Balaban J connectivity index is 2.26. The normalized spacial score (nSPS) is 10.7. The third-order valence-corrected chi connectivity index (χ3v) is 3.18. The maximum Gasteiger partial charge on any atom is 0.256 e. The lowest BCUT2D eigenvalue weighted by Crippen LogP contribution is -2.28. The number of hydrogen-bond donors (Lipinski definition) is 2. The van der Waals surface area contributed by atoms with Crippen LogP contribution < -0.4 is 11.1 Å². The highest BCUT2D eigenvalue weighted by Crippen LogP contribution is 2.25. The van der Waals surface area contributed by atoms with E-state index in [1.807, 2.05) is 26.0 Å². The van der Waals surface area contributed by atoms with Crippen LogP contribution in [-0.2, 0) is 0 Å². The van der Waals surface area contributed by atoms with Gasteiger partial charge in [-0.25, -0.2) is 9.97 Å². The number of rotatable bonds is 4. The Labute approximate surface area is 128 Å². The molecule has 1 aromatic heterocycles. The van der Waals surface area contributed by atoms with Gasteiger partial charge in [-0.1, -0.05) is 37.6 Å². The Morgan fingerprint density at radius 1 is 1.38 bits per heavy atom. The first-order chi connectivity index (χ1) is 9.99. The predicted octanol–water partition coefficient (Wildman–Crippen LogP) is 2.76. The third kappa shape index (κ3) is 3.70. The van der Waals surface area contributed by atoms with Crippen molar-refractivity contribution in [3.63, 3.8) is 0 Å². The van der Waals surface area contributed by atoms with Crippen molar-refractivity contribution < 1.29 is 4.79 Å². The Bertz CT molecular complexity index is 658. The molecule has 2 aromatic rings. The van der Waals surface area contributed by atoms with Gasteiger partial charge in [-0.15, -0.1) is 0 Å². The quantitative estimate of drug-likeness (QED) is 0.910. The van der Waals surface area contributed by atoms with Gasteiger partial charge >= 0.3 is 0 Å². The number of carbonyl (C=O) groups excluding carboxylic acids is 1. The van der Waals surface area contributed by atoms with Gasteiger partial charge in [0, 0.05) is 18.3 Å². The Morgan fingerprint density at radius 3 is 2.71 bits per heavy atom. The highest BCUT2D eigenvalue weighted by atomic mass is 35.5. The molecule has 0 radical (unpaired) electrons. The van der Waals surface area contributed by atoms with Gasteiger partial charge in [0.1, 0.15) is 5.82 Å². The number of nitrogens with zero attached hydrogens (tertiary/aromatic N) is 2. The van der Waals surface area contributed by atoms with Crippen molar-refractivity contribution in [3.05, 3.63) is 41.0 Å². The molecule has 3 N–H and O–H groups in total. The second-order valence-electron chi connectivity index (χ2n) is 5.08. The van der Waals surface area contributed by atoms with Crippen molar-refractivity contribution in [1.82, 2.24) is 15.3 Å². The smallest absolute Gasteiger partial charge is 0.256 e. The molecule has 110 valence electrons. The number of nitrogens with two attached hydrogens (primary N) is 1. The molecule has 6 heteroatoms. The van der Waals surface area contributed by atoms with E-state index in [-0.39, 0.29) is 17.3 Å². The van der Waals surface area contributed by atoms with Crippen LogP contribution in [0.4, 0.5) is 5.82 Å². The largest absolute Gasteiger partial charge is 0.383 e. The molecule has 1 heterocycles. The van der Waals surface area contributed by atoms with E-state index in [2.05, 4.69) is 15.3 Å². The zero-order chi connectivity index (χ0) is 15.4. The third-order valence-electron chi connectivity index (χ3n) is 2.85. The zero-order valence-electron chi connectivity index (χ0n) is 11.9. The molecule has 2 rings (SSSR count). The van der Waals surface area contributed by atoms with Gasteiger partial charge in [-0.05, 0) is 18.1 Å². The summed E-state index contributed by atoms with van der Waals surface area (Å²) in [7, 11) is 0. The predicted molar refractivity (Wildman–Crippen MR) is 84.1 cm³/mol. The molecule has 0 aliphatic rings. The molecule has 0 aliphatic carbocycles. The minimum atomic E-state index is -0.271. The molecule has 0 saturated carbocycles. The summed E-state index contributed by atoms with van der Waals surface area (Å²) in [6, 6.07) is 7.21. The van der Waals surface area contributed by atoms with Crippen molar-refractivity contribution in [3.8, 4) is 11.4 Å². The fourth-order valence-corrected chi connectivity index (χ4v) is 1.95. The lowest BCUT2D eigenvalue weighted by atomic mass is 10.2. The van der Waals surface area contributed by atoms with Gasteiger partial charge in [0.15, 0.2) is 5.82 Å². The van der Waals surface area contributed by atoms with E-state index in [1.54, 1.807) is 12.1 Å². The summed E-state index contributed by atoms with van der Waals surface area (Å²) < 4.78 is 0. The van der Waals surface area contributed by atoms with Crippen molar-refractivity contribution in [2.45, 2.75) is 13.8 Å². The molecule has 0 unspecified atom stereocenters. The average Bonchev–Trinajstić information content (AvgIpc) is 2.45. The maximum absolute atomic E-state index is 12.0. The van der Waals surface area contributed by atoms with Crippen LogP contribution in [0.2, 0.25) is 5.02 Å². The summed E-state index contributed by atoms with van der Waals surface area (Å²) >= 11 is 6.10. The highest BCUT2D eigenvalue weighted by Gasteiger charge is 2.14. The van der Waals surface area contributed by atoms with Crippen molar-refractivity contribution in [2.24, 2.45) is 5.92 Å². The van der Waals surface area contributed by atoms with Gasteiger partial charge in [0.2, 0.25) is 0 Å². The van der Waals surface area contributed by atoms with Crippen LogP contribution in [-0.4, -0.2) is 22.4 Å². The molecule has 0 aliphatic heterocycles. The average molecular weight is 305 g/mol. The number of nitrogens with one attached hydrogen (secondary N) is 1. The van der Waals surface area contributed by atoms with Crippen molar-refractivity contribution in [2.75, 3.05) is 12.3 Å². The van der Waals surface area contributed by atoms with Gasteiger partial charge in [0.05, 0.1) is 10.6 Å². The minimum absolute atomic E-state index is 0.140. The number of halogens is 1. The first-order valence-electron chi connectivity index (χ1n) is 6.64. The second-order valence-corrected chi connectivity index (χ2v) is 5.48. The number of carbonyl (C=O) groups is 1. The Kier molecular flexibility index (Phi) is 4.75. The van der Waals surface area contributed by atoms with E-state index in [1.165, 1.54) is 6.20 Å². The summed E-state index contributed by atoms with van der Waals surface area (Å²) in [5.74, 6) is 0.630. The van der Waals surface area contributed by atoms with Crippen LogP contribution in [0, 0.1) is 5.92 Å². The summed E-state index contributed by atoms with van der Waals surface area (Å²) in [5, 5.41) is 3.32. The van der Waals surface area contributed by atoms with E-state index in [4.69, 9.17) is 17.3 Å². The SMILES string of the molecule is CC(C)CNC(=O)c1cnc(-c2ccccc2Cl)nc1N. The van der Waals surface area contributed by atoms with E-state index in [9.17, 15) is 4.79 Å². The molecule has 0 spiro atoms. The number of amides is 1. The van der Waals surface area contributed by atoms with Crippen LogP contribution in [0.25, 0.3) is 11.4 Å². The molecular weight excluding hydrogens is 288 g/mol. The number of nitrogen functional groups attached to an aromatic ring is 1. The van der Waals surface area contributed by atoms with Gasteiger partial charge < -0.3 is 11.1 Å². The summed E-state index contributed by atoms with van der Waals surface area (Å²) in [6.07, 6.45) is 1.43. The van der Waals surface area contributed by atoms with Gasteiger partial charge in [-0.3, -0.25) is 4.79 Å². The van der Waals surface area contributed by atoms with E-state index >= 15 is 0 Å². The molecule has 5 nitrogen and oxygen atoms in total. The number of benzene rings is 1. The van der Waals surface area contributed by atoms with Crippen LogP contribution in [0.5, 0.6) is 0 Å². The monoisotopic (exact) mass is 304 g/mol. The molecule has 0 atom stereocenters. The van der Waals surface area contributed by atoms with Crippen LogP contribution >= 0.6 is 11.6 Å². The van der Waals surface area contributed by atoms with Gasteiger partial charge in [0.25, 0.3) is 5.91 Å². The van der Waals surface area contributed by atoms with E-state index < -0.39 is 0 Å². The summed E-state index contributed by atoms with van der Waals surface area (Å²) in [6.45, 7) is 4.60. The minimum Gasteiger partial charge on any atom is -0.383 e. The zero-order valence-corrected chi connectivity index (χ0v) is 12.7. The van der Waals surface area contributed by atoms with Crippen molar-refractivity contribution >= 4 is 23.3 Å². The Hall–Kier alpha value is -2.14. The lowest BCUT2D eigenvalue weighted by Gasteiger charge is -2.10. The topological polar surface area (TPSA) is 80.9 Å². The molecule has 0 saturated heterocycles. The standard InChI is InChI=1S/C15H17ClN4O/c1-9(2)7-19-15(21)11-8-18-14(20-13(11)17)10-5-3-4-6-12(10)16/h3-6,8-9H,7H2,1-2H3,(H,19,21)(H2,17,18,20). The molecule has 1 aromatic carbocycles. The van der Waals surface area contributed by atoms with Crippen LogP contribution in [0.3, 0.4) is 0 Å². The number of anilines is 1. The molecule has 0 fully saturated rings. The summed E-state index contributed by atoms with van der Waals surface area (Å²) in [5.41, 5.74) is 6.81. The van der Waals surface area contributed by atoms with Crippen molar-refractivity contribution in [1.29, 1.82) is 0 Å². The number of aromatic nitrogens is 2. The van der Waals surface area contributed by atoms with E-state index in [0.717, 1.165) is 0 Å². The number of hydrogen-bond acceptors (Lipinski definition) is 4. The highest BCUT2D eigenvalue weighted by molar-refractivity contribution is 6.33. The first kappa shape index (κ1) is 15.3. The molecule has 0 bridgehead atoms.